The number of imidazole rings is 1. The summed E-state index contributed by atoms with van der Waals surface area (Å²) in [5, 5.41) is 6.83. The van der Waals surface area contributed by atoms with Crippen molar-refractivity contribution in [2.24, 2.45) is 10.9 Å². The predicted molar refractivity (Wildman–Crippen MR) is 130 cm³/mol. The number of guanidine groups is 1. The maximum absolute atomic E-state index is 5.70. The molecular formula is C26H33N5O. The highest BCUT2D eigenvalue weighted by molar-refractivity contribution is 5.80. The van der Waals surface area contributed by atoms with E-state index in [1.165, 1.54) is 35.1 Å². The standard InChI is InChI=1S/C26H33N5O/c1-27-26(29-13-4-16-32-19-22-7-8-22)30-17-24-5-2-3-6-25(24)23-11-9-21(10-12-23)18-31-15-14-28-20-31/h2-3,5-6,9-12,14-15,20,22H,4,7-8,13,16-19H2,1H3,(H2,27,29,30). The fourth-order valence-corrected chi connectivity index (χ4v) is 3.65. The average Bonchev–Trinajstić information content (AvgIpc) is 3.52. The molecule has 2 aromatic carbocycles. The number of hydrogen-bond acceptors (Lipinski definition) is 3. The Morgan fingerprint density at radius 3 is 2.72 bits per heavy atom. The first-order valence-corrected chi connectivity index (χ1v) is 11.5. The van der Waals surface area contributed by atoms with E-state index >= 15 is 0 Å². The van der Waals surface area contributed by atoms with E-state index in [1.807, 2.05) is 25.8 Å². The number of rotatable bonds is 11. The van der Waals surface area contributed by atoms with Crippen LogP contribution >= 0.6 is 0 Å². The van der Waals surface area contributed by atoms with Crippen molar-refractivity contribution in [2.75, 3.05) is 26.8 Å². The molecule has 0 radical (unpaired) electrons. The van der Waals surface area contributed by atoms with E-state index in [4.69, 9.17) is 4.74 Å². The molecule has 0 amide bonds. The van der Waals surface area contributed by atoms with Crippen molar-refractivity contribution >= 4 is 5.96 Å². The van der Waals surface area contributed by atoms with Gasteiger partial charge >= 0.3 is 0 Å². The van der Waals surface area contributed by atoms with Crippen LogP contribution in [0.5, 0.6) is 0 Å². The van der Waals surface area contributed by atoms with Gasteiger partial charge in [-0.05, 0) is 47.4 Å². The van der Waals surface area contributed by atoms with Gasteiger partial charge in [-0.25, -0.2) is 4.98 Å². The molecule has 0 bridgehead atoms. The van der Waals surface area contributed by atoms with E-state index in [2.05, 4.69) is 73.7 Å². The van der Waals surface area contributed by atoms with Crippen LogP contribution in [0.4, 0.5) is 0 Å². The quantitative estimate of drug-likeness (QED) is 0.273. The minimum absolute atomic E-state index is 0.713. The first-order valence-electron chi connectivity index (χ1n) is 11.5. The zero-order valence-corrected chi connectivity index (χ0v) is 18.8. The Balaban J connectivity index is 1.28. The van der Waals surface area contributed by atoms with E-state index in [0.717, 1.165) is 44.6 Å². The lowest BCUT2D eigenvalue weighted by Gasteiger charge is -2.15. The van der Waals surface area contributed by atoms with Gasteiger partial charge in [0.05, 0.1) is 6.33 Å². The Morgan fingerprint density at radius 1 is 1.12 bits per heavy atom. The number of nitrogens with one attached hydrogen (secondary N) is 2. The Kier molecular flexibility index (Phi) is 7.93. The molecule has 32 heavy (non-hydrogen) atoms. The zero-order valence-electron chi connectivity index (χ0n) is 18.8. The summed E-state index contributed by atoms with van der Waals surface area (Å²) in [6.07, 6.45) is 9.30. The summed E-state index contributed by atoms with van der Waals surface area (Å²) in [5.41, 5.74) is 4.95. The van der Waals surface area contributed by atoms with Crippen molar-refractivity contribution in [3.63, 3.8) is 0 Å². The fraction of sp³-hybridized carbons (Fsp3) is 0.385. The first-order chi connectivity index (χ1) is 15.8. The molecule has 1 aliphatic carbocycles. The average molecular weight is 432 g/mol. The molecule has 4 rings (SSSR count). The molecular weight excluding hydrogens is 398 g/mol. The van der Waals surface area contributed by atoms with Crippen LogP contribution in [0.1, 0.15) is 30.4 Å². The summed E-state index contributed by atoms with van der Waals surface area (Å²) in [4.78, 5) is 8.47. The molecule has 0 atom stereocenters. The molecule has 1 fully saturated rings. The number of hydrogen-bond donors (Lipinski definition) is 2. The third-order valence-corrected chi connectivity index (χ3v) is 5.68. The Morgan fingerprint density at radius 2 is 1.97 bits per heavy atom. The van der Waals surface area contributed by atoms with Crippen LogP contribution in [-0.2, 0) is 17.8 Å². The molecule has 168 valence electrons. The Bertz CT molecular complexity index is 978. The van der Waals surface area contributed by atoms with E-state index < -0.39 is 0 Å². The number of benzene rings is 2. The minimum Gasteiger partial charge on any atom is -0.381 e. The first kappa shape index (κ1) is 22.1. The van der Waals surface area contributed by atoms with Crippen LogP contribution in [0.2, 0.25) is 0 Å². The van der Waals surface area contributed by atoms with Crippen LogP contribution in [-0.4, -0.2) is 42.3 Å². The largest absolute Gasteiger partial charge is 0.381 e. The van der Waals surface area contributed by atoms with Gasteiger partial charge in [-0.2, -0.15) is 0 Å². The van der Waals surface area contributed by atoms with Crippen LogP contribution in [0.15, 0.2) is 72.2 Å². The lowest BCUT2D eigenvalue weighted by molar-refractivity contribution is 0.123. The monoisotopic (exact) mass is 431 g/mol. The second-order valence-electron chi connectivity index (χ2n) is 8.31. The molecule has 6 nitrogen and oxygen atoms in total. The van der Waals surface area contributed by atoms with Crippen LogP contribution < -0.4 is 10.6 Å². The smallest absolute Gasteiger partial charge is 0.191 e. The van der Waals surface area contributed by atoms with E-state index in [0.29, 0.717) is 6.54 Å². The summed E-state index contributed by atoms with van der Waals surface area (Å²) < 4.78 is 7.77. The van der Waals surface area contributed by atoms with Gasteiger partial charge in [-0.3, -0.25) is 4.99 Å². The summed E-state index contributed by atoms with van der Waals surface area (Å²) in [7, 11) is 1.81. The molecule has 3 aromatic rings. The molecule has 0 aliphatic heterocycles. The Hall–Kier alpha value is -3.12. The summed E-state index contributed by atoms with van der Waals surface area (Å²) in [5.74, 6) is 1.64. The molecule has 1 saturated carbocycles. The van der Waals surface area contributed by atoms with Crippen molar-refractivity contribution in [3.8, 4) is 11.1 Å². The molecule has 1 aliphatic rings. The molecule has 0 spiro atoms. The lowest BCUT2D eigenvalue weighted by atomic mass is 9.98. The number of aromatic nitrogens is 2. The third-order valence-electron chi connectivity index (χ3n) is 5.68. The van der Waals surface area contributed by atoms with Crippen LogP contribution in [0.3, 0.4) is 0 Å². The molecule has 0 saturated heterocycles. The van der Waals surface area contributed by atoms with Gasteiger partial charge < -0.3 is 19.9 Å². The number of nitrogens with zero attached hydrogens (tertiary/aromatic N) is 3. The highest BCUT2D eigenvalue weighted by atomic mass is 16.5. The van der Waals surface area contributed by atoms with Gasteiger partial charge in [-0.15, -0.1) is 0 Å². The van der Waals surface area contributed by atoms with Gasteiger partial charge in [-0.1, -0.05) is 48.5 Å². The highest BCUT2D eigenvalue weighted by Gasteiger charge is 2.20. The lowest BCUT2D eigenvalue weighted by Crippen LogP contribution is -2.37. The van der Waals surface area contributed by atoms with Gasteiger partial charge in [0.25, 0.3) is 0 Å². The maximum atomic E-state index is 5.70. The Labute approximate surface area is 190 Å². The van der Waals surface area contributed by atoms with Crippen molar-refractivity contribution < 1.29 is 4.74 Å². The second-order valence-corrected chi connectivity index (χ2v) is 8.31. The van der Waals surface area contributed by atoms with Crippen molar-refractivity contribution in [3.05, 3.63) is 78.4 Å². The van der Waals surface area contributed by atoms with E-state index in [1.54, 1.807) is 0 Å². The van der Waals surface area contributed by atoms with Gasteiger partial charge in [0.1, 0.15) is 0 Å². The van der Waals surface area contributed by atoms with Crippen LogP contribution in [0.25, 0.3) is 11.1 Å². The topological polar surface area (TPSA) is 63.5 Å². The minimum atomic E-state index is 0.713. The van der Waals surface area contributed by atoms with E-state index in [9.17, 15) is 0 Å². The van der Waals surface area contributed by atoms with Crippen molar-refractivity contribution in [1.82, 2.24) is 20.2 Å². The fourth-order valence-electron chi connectivity index (χ4n) is 3.65. The molecule has 6 heteroatoms. The highest BCUT2D eigenvalue weighted by Crippen LogP contribution is 2.28. The second kappa shape index (κ2) is 11.5. The third kappa shape index (κ3) is 6.69. The van der Waals surface area contributed by atoms with Crippen molar-refractivity contribution in [2.45, 2.75) is 32.4 Å². The zero-order chi connectivity index (χ0) is 22.0. The number of ether oxygens (including phenoxy) is 1. The normalized spacial score (nSPS) is 13.8. The predicted octanol–water partition coefficient (Wildman–Crippen LogP) is 4.08. The summed E-state index contributed by atoms with van der Waals surface area (Å²) in [6, 6.07) is 17.3. The maximum Gasteiger partial charge on any atom is 0.191 e. The SMILES string of the molecule is CN=C(NCCCOCC1CC1)NCc1ccccc1-c1ccc(Cn2ccnc2)cc1. The molecule has 1 heterocycles. The van der Waals surface area contributed by atoms with Gasteiger partial charge in [0, 0.05) is 52.3 Å². The van der Waals surface area contributed by atoms with Gasteiger partial charge in [0.2, 0.25) is 0 Å². The molecule has 2 N–H and O–H groups in total. The molecule has 0 unspecified atom stereocenters. The van der Waals surface area contributed by atoms with Crippen LogP contribution in [0, 0.1) is 5.92 Å². The van der Waals surface area contributed by atoms with E-state index in [-0.39, 0.29) is 0 Å². The molecule has 1 aromatic heterocycles. The van der Waals surface area contributed by atoms with Gasteiger partial charge in [0.15, 0.2) is 5.96 Å². The summed E-state index contributed by atoms with van der Waals surface area (Å²) >= 11 is 0. The number of aliphatic imine (C=N–C) groups is 1. The van der Waals surface area contributed by atoms with Crippen molar-refractivity contribution in [1.29, 1.82) is 0 Å². The summed E-state index contributed by atoms with van der Waals surface area (Å²) in [6.45, 7) is 4.13.